The molecule has 1 aromatic heterocycles. The number of aromatic nitrogens is 3. The van der Waals surface area contributed by atoms with E-state index in [9.17, 15) is 14.3 Å². The summed E-state index contributed by atoms with van der Waals surface area (Å²) >= 11 is 0. The molecule has 0 aliphatic carbocycles. The molecule has 0 amide bonds. The van der Waals surface area contributed by atoms with Crippen LogP contribution in [0.15, 0.2) is 18.2 Å². The van der Waals surface area contributed by atoms with Crippen LogP contribution >= 0.6 is 0 Å². The van der Waals surface area contributed by atoms with Crippen molar-refractivity contribution in [3.63, 3.8) is 0 Å². The van der Waals surface area contributed by atoms with Crippen molar-refractivity contribution in [3.05, 3.63) is 41.2 Å². The first-order chi connectivity index (χ1) is 11.5. The summed E-state index contributed by atoms with van der Waals surface area (Å²) < 4.78 is 21.0. The number of carboxylic acid groups (broad SMARTS) is 1. The van der Waals surface area contributed by atoms with E-state index < -0.39 is 17.8 Å². The zero-order valence-corrected chi connectivity index (χ0v) is 13.6. The molecule has 3 rings (SSSR count). The molecule has 1 N–H and O–H groups in total. The first-order valence-electron chi connectivity index (χ1n) is 7.76. The SMILES string of the molecule is CCOc1ccc(CN2Cc3nnc(C)n3CC2C(=O)O)cc1F. The van der Waals surface area contributed by atoms with Crippen LogP contribution in [0.1, 0.15) is 24.1 Å². The van der Waals surface area contributed by atoms with E-state index in [4.69, 9.17) is 4.74 Å². The highest BCUT2D eigenvalue weighted by molar-refractivity contribution is 5.73. The minimum atomic E-state index is -0.917. The number of aryl methyl sites for hydroxylation is 1. The van der Waals surface area contributed by atoms with Crippen molar-refractivity contribution in [1.29, 1.82) is 0 Å². The number of hydrogen-bond acceptors (Lipinski definition) is 5. The topological polar surface area (TPSA) is 80.5 Å². The van der Waals surface area contributed by atoms with Crippen molar-refractivity contribution in [2.75, 3.05) is 6.61 Å². The predicted octanol–water partition coefficient (Wildman–Crippen LogP) is 1.59. The fourth-order valence-electron chi connectivity index (χ4n) is 2.91. The van der Waals surface area contributed by atoms with Gasteiger partial charge in [-0.25, -0.2) is 4.39 Å². The van der Waals surface area contributed by atoms with Crippen LogP contribution in [-0.4, -0.2) is 43.4 Å². The molecule has 0 radical (unpaired) electrons. The molecule has 24 heavy (non-hydrogen) atoms. The van der Waals surface area contributed by atoms with E-state index in [1.54, 1.807) is 30.9 Å². The molecule has 0 bridgehead atoms. The minimum Gasteiger partial charge on any atom is -0.491 e. The maximum absolute atomic E-state index is 14.0. The number of nitrogens with zero attached hydrogens (tertiary/aromatic N) is 4. The van der Waals surface area contributed by atoms with Gasteiger partial charge in [-0.2, -0.15) is 0 Å². The molecule has 128 valence electrons. The Hall–Kier alpha value is -2.48. The van der Waals surface area contributed by atoms with Crippen molar-refractivity contribution < 1.29 is 19.0 Å². The second-order valence-corrected chi connectivity index (χ2v) is 5.73. The van der Waals surface area contributed by atoms with E-state index in [0.29, 0.717) is 31.1 Å². The van der Waals surface area contributed by atoms with Crippen molar-refractivity contribution >= 4 is 5.97 Å². The average molecular weight is 334 g/mol. The van der Waals surface area contributed by atoms with Crippen molar-refractivity contribution in [2.45, 2.75) is 39.5 Å². The third-order valence-electron chi connectivity index (χ3n) is 4.12. The van der Waals surface area contributed by atoms with Crippen LogP contribution in [0.2, 0.25) is 0 Å². The monoisotopic (exact) mass is 334 g/mol. The summed E-state index contributed by atoms with van der Waals surface area (Å²) in [6.45, 7) is 4.92. The van der Waals surface area contributed by atoms with Gasteiger partial charge >= 0.3 is 5.97 Å². The average Bonchev–Trinajstić information content (AvgIpc) is 2.90. The number of fused-ring (bicyclic) bond motifs is 1. The number of halogens is 1. The van der Waals surface area contributed by atoms with Gasteiger partial charge in [0.25, 0.3) is 0 Å². The fraction of sp³-hybridized carbons (Fsp3) is 0.438. The smallest absolute Gasteiger partial charge is 0.322 e. The van der Waals surface area contributed by atoms with Gasteiger partial charge in [-0.15, -0.1) is 10.2 Å². The third-order valence-corrected chi connectivity index (χ3v) is 4.12. The zero-order chi connectivity index (χ0) is 17.3. The Kier molecular flexibility index (Phi) is 4.48. The van der Waals surface area contributed by atoms with Crippen molar-refractivity contribution in [2.24, 2.45) is 0 Å². The summed E-state index contributed by atoms with van der Waals surface area (Å²) in [5, 5.41) is 17.6. The van der Waals surface area contributed by atoms with Gasteiger partial charge in [0.1, 0.15) is 17.7 Å². The summed E-state index contributed by atoms with van der Waals surface area (Å²) in [5.41, 5.74) is 0.687. The van der Waals surface area contributed by atoms with Gasteiger partial charge in [0.2, 0.25) is 0 Å². The van der Waals surface area contributed by atoms with E-state index in [2.05, 4.69) is 10.2 Å². The Morgan fingerprint density at radius 1 is 1.46 bits per heavy atom. The maximum Gasteiger partial charge on any atom is 0.322 e. The van der Waals surface area contributed by atoms with E-state index in [1.807, 2.05) is 4.57 Å². The number of ether oxygens (including phenoxy) is 1. The molecular formula is C16H19FN4O3. The van der Waals surface area contributed by atoms with Crippen molar-refractivity contribution in [1.82, 2.24) is 19.7 Å². The highest BCUT2D eigenvalue weighted by Crippen LogP contribution is 2.23. The van der Waals surface area contributed by atoms with Crippen LogP contribution in [0.3, 0.4) is 0 Å². The molecule has 1 aromatic carbocycles. The lowest BCUT2D eigenvalue weighted by molar-refractivity contribution is -0.145. The minimum absolute atomic E-state index is 0.199. The molecule has 0 fully saturated rings. The van der Waals surface area contributed by atoms with E-state index in [1.165, 1.54) is 6.07 Å². The largest absolute Gasteiger partial charge is 0.491 e. The molecule has 1 atom stereocenters. The highest BCUT2D eigenvalue weighted by Gasteiger charge is 2.33. The molecule has 1 unspecified atom stereocenters. The van der Waals surface area contributed by atoms with Gasteiger partial charge in [-0.3, -0.25) is 9.69 Å². The van der Waals surface area contributed by atoms with E-state index in [-0.39, 0.29) is 12.3 Å². The molecule has 1 aliphatic rings. The Bertz CT molecular complexity index is 762. The van der Waals surface area contributed by atoms with Gasteiger partial charge in [0.15, 0.2) is 11.6 Å². The number of carboxylic acids is 1. The highest BCUT2D eigenvalue weighted by atomic mass is 19.1. The van der Waals surface area contributed by atoms with Gasteiger partial charge in [0.05, 0.1) is 19.7 Å². The summed E-state index contributed by atoms with van der Waals surface area (Å²) in [4.78, 5) is 13.4. The van der Waals surface area contributed by atoms with Gasteiger partial charge < -0.3 is 14.4 Å². The van der Waals surface area contributed by atoms with Crippen LogP contribution in [0.4, 0.5) is 4.39 Å². The Morgan fingerprint density at radius 3 is 2.92 bits per heavy atom. The Morgan fingerprint density at radius 2 is 2.25 bits per heavy atom. The predicted molar refractivity (Wildman–Crippen MR) is 83.0 cm³/mol. The quantitative estimate of drug-likeness (QED) is 0.894. The van der Waals surface area contributed by atoms with Crippen LogP contribution < -0.4 is 4.74 Å². The Labute approximate surface area is 138 Å². The fourth-order valence-corrected chi connectivity index (χ4v) is 2.91. The van der Waals surface area contributed by atoms with Crippen LogP contribution in [0, 0.1) is 12.7 Å². The molecule has 7 nitrogen and oxygen atoms in total. The molecule has 0 saturated carbocycles. The normalized spacial score (nSPS) is 17.5. The summed E-state index contributed by atoms with van der Waals surface area (Å²) in [7, 11) is 0. The summed E-state index contributed by atoms with van der Waals surface area (Å²) in [6.07, 6.45) is 0. The second kappa shape index (κ2) is 6.56. The van der Waals surface area contributed by atoms with E-state index >= 15 is 0 Å². The zero-order valence-electron chi connectivity index (χ0n) is 13.6. The first kappa shape index (κ1) is 16.4. The maximum atomic E-state index is 14.0. The van der Waals surface area contributed by atoms with Gasteiger partial charge in [-0.05, 0) is 31.5 Å². The second-order valence-electron chi connectivity index (χ2n) is 5.73. The molecule has 0 saturated heterocycles. The molecule has 0 spiro atoms. The molecule has 2 heterocycles. The number of aliphatic carboxylic acids is 1. The summed E-state index contributed by atoms with van der Waals surface area (Å²) in [5.74, 6) is 0.252. The van der Waals surface area contributed by atoms with Crippen LogP contribution in [0.5, 0.6) is 5.75 Å². The molecule has 2 aromatic rings. The lowest BCUT2D eigenvalue weighted by Crippen LogP contribution is -2.47. The van der Waals surface area contributed by atoms with Crippen LogP contribution in [0.25, 0.3) is 0 Å². The lowest BCUT2D eigenvalue weighted by atomic mass is 10.1. The van der Waals surface area contributed by atoms with Gasteiger partial charge in [0, 0.05) is 6.54 Å². The van der Waals surface area contributed by atoms with E-state index in [0.717, 1.165) is 5.82 Å². The molecule has 1 aliphatic heterocycles. The number of carbonyl (C=O) groups is 1. The van der Waals surface area contributed by atoms with Crippen LogP contribution in [-0.2, 0) is 24.4 Å². The molecule has 8 heteroatoms. The lowest BCUT2D eigenvalue weighted by Gasteiger charge is -2.33. The number of rotatable bonds is 5. The standard InChI is InChI=1S/C16H19FN4O3/c1-3-24-14-5-4-11(6-12(14)17)7-20-9-15-19-18-10(2)21(15)8-13(20)16(22)23/h4-6,13H,3,7-9H2,1-2H3,(H,22,23). The van der Waals surface area contributed by atoms with Gasteiger partial charge in [-0.1, -0.05) is 6.07 Å². The van der Waals surface area contributed by atoms with Crippen molar-refractivity contribution in [3.8, 4) is 5.75 Å². The third kappa shape index (κ3) is 3.09. The molecular weight excluding hydrogens is 315 g/mol. The number of benzene rings is 1. The first-order valence-corrected chi connectivity index (χ1v) is 7.76. The number of hydrogen-bond donors (Lipinski definition) is 1. The Balaban J connectivity index is 1.82. The summed E-state index contributed by atoms with van der Waals surface area (Å²) in [6, 6.07) is 3.99.